The molecule has 0 atom stereocenters. The second kappa shape index (κ2) is 12.3. The third-order valence-electron chi connectivity index (χ3n) is 4.78. The topological polar surface area (TPSA) is 146 Å². The van der Waals surface area contributed by atoms with Gasteiger partial charge < -0.3 is 9.47 Å². The Morgan fingerprint density at radius 2 is 1.83 bits per heavy atom. The number of benzene rings is 3. The maximum Gasteiger partial charge on any atom is 0.273 e. The van der Waals surface area contributed by atoms with Gasteiger partial charge in [-0.2, -0.15) is 5.10 Å². The van der Waals surface area contributed by atoms with E-state index >= 15 is 0 Å². The van der Waals surface area contributed by atoms with E-state index in [0.29, 0.717) is 23.5 Å². The molecule has 0 fully saturated rings. The number of carbonyl (C=O) groups is 1. The molecule has 0 unspecified atom stereocenters. The van der Waals surface area contributed by atoms with Gasteiger partial charge in [-0.05, 0) is 30.2 Å². The van der Waals surface area contributed by atoms with Crippen molar-refractivity contribution in [3.05, 3.63) is 103 Å². The minimum absolute atomic E-state index is 0.0244. The summed E-state index contributed by atoms with van der Waals surface area (Å²) in [5.74, 6) is 0.0410. The van der Waals surface area contributed by atoms with E-state index in [1.54, 1.807) is 37.3 Å². The summed E-state index contributed by atoms with van der Waals surface area (Å²) in [7, 11) is 0. The number of nitrogens with zero attached hydrogens (tertiary/aromatic N) is 3. The number of non-ortho nitro benzene ring substituents is 1. The Kier molecular flexibility index (Phi) is 8.89. The molecule has 36 heavy (non-hydrogen) atoms. The van der Waals surface area contributed by atoms with Crippen LogP contribution < -0.4 is 14.9 Å². The smallest absolute Gasteiger partial charge is 0.273 e. The Balaban J connectivity index is 1.69. The van der Waals surface area contributed by atoms with Gasteiger partial charge in [0.15, 0.2) is 11.5 Å². The van der Waals surface area contributed by atoms with Crippen LogP contribution in [0.4, 0.5) is 11.4 Å². The molecule has 1 N–H and O–H groups in total. The van der Waals surface area contributed by atoms with E-state index in [0.717, 1.165) is 0 Å². The summed E-state index contributed by atoms with van der Waals surface area (Å²) in [5, 5.41) is 26.2. The minimum atomic E-state index is -0.550. The van der Waals surface area contributed by atoms with Gasteiger partial charge in [-0.3, -0.25) is 25.0 Å². The van der Waals surface area contributed by atoms with E-state index < -0.39 is 15.8 Å². The molecule has 0 bridgehead atoms. The predicted octanol–water partition coefficient (Wildman–Crippen LogP) is 4.83. The number of nitro groups is 2. The lowest BCUT2D eigenvalue weighted by molar-refractivity contribution is -0.385. The highest BCUT2D eigenvalue weighted by Gasteiger charge is 2.16. The van der Waals surface area contributed by atoms with Crippen molar-refractivity contribution in [2.45, 2.75) is 20.0 Å². The van der Waals surface area contributed by atoms with Gasteiger partial charge in [0, 0.05) is 23.8 Å². The van der Waals surface area contributed by atoms with E-state index in [2.05, 4.69) is 10.5 Å². The second-order valence-electron chi connectivity index (χ2n) is 7.33. The molecule has 0 aliphatic heterocycles. The molecule has 0 aromatic heterocycles. The Labute approximate surface area is 210 Å². The molecule has 0 heterocycles. The molecule has 0 aliphatic carbocycles. The Bertz CT molecular complexity index is 1310. The van der Waals surface area contributed by atoms with Gasteiger partial charge in [-0.1, -0.05) is 41.9 Å². The number of carbonyl (C=O) groups excluding carboxylic acids is 1. The zero-order chi connectivity index (χ0) is 26.1. The summed E-state index contributed by atoms with van der Waals surface area (Å²) in [6.07, 6.45) is 1.12. The molecule has 3 rings (SSSR count). The SMILES string of the molecule is CCOc1cc(/C=N/NC(=O)Cc2ccccc2[N+](=O)[O-])cc(Cl)c1OCc1cccc([N+](=O)[O-])c1. The van der Waals surface area contributed by atoms with E-state index in [1.807, 2.05) is 0 Å². The van der Waals surface area contributed by atoms with Gasteiger partial charge >= 0.3 is 0 Å². The number of hydrazone groups is 1. The molecule has 186 valence electrons. The number of hydrogen-bond donors (Lipinski definition) is 1. The van der Waals surface area contributed by atoms with Crippen LogP contribution in [0.1, 0.15) is 23.6 Å². The molecular weight excluding hydrogens is 492 g/mol. The van der Waals surface area contributed by atoms with Gasteiger partial charge in [-0.15, -0.1) is 0 Å². The molecule has 0 radical (unpaired) electrons. The molecule has 1 amide bonds. The summed E-state index contributed by atoms with van der Waals surface area (Å²) in [6.45, 7) is 2.12. The molecule has 12 heteroatoms. The quantitative estimate of drug-likeness (QED) is 0.220. The van der Waals surface area contributed by atoms with Crippen LogP contribution >= 0.6 is 11.6 Å². The van der Waals surface area contributed by atoms with Gasteiger partial charge in [0.2, 0.25) is 5.91 Å². The summed E-state index contributed by atoms with van der Waals surface area (Å²) < 4.78 is 11.4. The Hall–Kier alpha value is -4.51. The van der Waals surface area contributed by atoms with Crippen molar-refractivity contribution >= 4 is 35.1 Å². The Morgan fingerprint density at radius 1 is 1.06 bits per heavy atom. The first-order valence-corrected chi connectivity index (χ1v) is 11.0. The van der Waals surface area contributed by atoms with Crippen molar-refractivity contribution in [2.75, 3.05) is 6.61 Å². The maximum atomic E-state index is 12.2. The molecule has 0 saturated carbocycles. The maximum absolute atomic E-state index is 12.2. The van der Waals surface area contributed by atoms with Crippen molar-refractivity contribution < 1.29 is 24.1 Å². The lowest BCUT2D eigenvalue weighted by Crippen LogP contribution is -2.20. The summed E-state index contributed by atoms with van der Waals surface area (Å²) in [4.78, 5) is 33.2. The second-order valence-corrected chi connectivity index (χ2v) is 7.74. The number of amides is 1. The number of hydrogen-bond acceptors (Lipinski definition) is 8. The third kappa shape index (κ3) is 7.00. The average Bonchev–Trinajstić information content (AvgIpc) is 2.84. The molecule has 0 spiro atoms. The van der Waals surface area contributed by atoms with Gasteiger partial charge in [0.05, 0.1) is 34.1 Å². The third-order valence-corrected chi connectivity index (χ3v) is 5.06. The van der Waals surface area contributed by atoms with Crippen molar-refractivity contribution in [2.24, 2.45) is 5.10 Å². The number of ether oxygens (including phenoxy) is 2. The van der Waals surface area contributed by atoms with Crippen LogP contribution in [-0.4, -0.2) is 28.6 Å². The first-order chi connectivity index (χ1) is 17.3. The summed E-state index contributed by atoms with van der Waals surface area (Å²) >= 11 is 6.39. The van der Waals surface area contributed by atoms with Gasteiger partial charge in [0.25, 0.3) is 11.4 Å². The number of rotatable bonds is 11. The first kappa shape index (κ1) is 26.1. The van der Waals surface area contributed by atoms with Gasteiger partial charge in [-0.25, -0.2) is 5.43 Å². The zero-order valence-corrected chi connectivity index (χ0v) is 19.8. The zero-order valence-electron chi connectivity index (χ0n) is 19.0. The lowest BCUT2D eigenvalue weighted by atomic mass is 10.1. The highest BCUT2D eigenvalue weighted by atomic mass is 35.5. The van der Waals surface area contributed by atoms with Crippen LogP contribution in [0.3, 0.4) is 0 Å². The lowest BCUT2D eigenvalue weighted by Gasteiger charge is -2.14. The molecule has 3 aromatic carbocycles. The van der Waals surface area contributed by atoms with E-state index in [1.165, 1.54) is 36.5 Å². The number of nitrogens with one attached hydrogen (secondary N) is 1. The Morgan fingerprint density at radius 3 is 2.56 bits per heavy atom. The highest BCUT2D eigenvalue weighted by Crippen LogP contribution is 2.37. The molecule has 0 aliphatic rings. The van der Waals surface area contributed by atoms with Crippen LogP contribution in [0.15, 0.2) is 65.8 Å². The van der Waals surface area contributed by atoms with Crippen LogP contribution in [0.25, 0.3) is 0 Å². The fourth-order valence-electron chi connectivity index (χ4n) is 3.21. The van der Waals surface area contributed by atoms with Crippen molar-refractivity contribution in [3.63, 3.8) is 0 Å². The van der Waals surface area contributed by atoms with Crippen LogP contribution in [-0.2, 0) is 17.8 Å². The molecule has 11 nitrogen and oxygen atoms in total. The van der Waals surface area contributed by atoms with Gasteiger partial charge in [0.1, 0.15) is 6.61 Å². The monoisotopic (exact) mass is 512 g/mol. The summed E-state index contributed by atoms with van der Waals surface area (Å²) in [5.41, 5.74) is 3.47. The predicted molar refractivity (Wildman–Crippen MR) is 133 cm³/mol. The average molecular weight is 513 g/mol. The number of nitro benzene ring substituents is 2. The minimum Gasteiger partial charge on any atom is -0.490 e. The van der Waals surface area contributed by atoms with Crippen LogP contribution in [0.2, 0.25) is 5.02 Å². The summed E-state index contributed by atoms with van der Waals surface area (Å²) in [6, 6.07) is 15.2. The largest absolute Gasteiger partial charge is 0.490 e. The van der Waals surface area contributed by atoms with Crippen LogP contribution in [0.5, 0.6) is 11.5 Å². The van der Waals surface area contributed by atoms with E-state index in [4.69, 9.17) is 21.1 Å². The number of para-hydroxylation sites is 1. The molecule has 3 aromatic rings. The standard InChI is InChI=1S/C24H21ClN4O7/c1-2-35-22-12-17(14-26-27-23(30)13-18-7-3-4-9-21(18)29(33)34)11-20(25)24(22)36-15-16-6-5-8-19(10-16)28(31)32/h3-12,14H,2,13,15H2,1H3,(H,27,30)/b26-14+. The fraction of sp³-hybridized carbons (Fsp3) is 0.167. The normalized spacial score (nSPS) is 10.7. The first-order valence-electron chi connectivity index (χ1n) is 10.6. The van der Waals surface area contributed by atoms with Crippen LogP contribution in [0, 0.1) is 20.2 Å². The van der Waals surface area contributed by atoms with Crippen molar-refractivity contribution in [1.82, 2.24) is 5.43 Å². The number of halogens is 1. The fourth-order valence-corrected chi connectivity index (χ4v) is 3.48. The van der Waals surface area contributed by atoms with E-state index in [9.17, 15) is 25.0 Å². The molecule has 0 saturated heterocycles. The molecular formula is C24H21ClN4O7. The van der Waals surface area contributed by atoms with Crippen molar-refractivity contribution in [1.29, 1.82) is 0 Å². The van der Waals surface area contributed by atoms with E-state index in [-0.39, 0.29) is 40.7 Å². The highest BCUT2D eigenvalue weighted by molar-refractivity contribution is 6.32. The van der Waals surface area contributed by atoms with Crippen molar-refractivity contribution in [3.8, 4) is 11.5 Å².